The van der Waals surface area contributed by atoms with Gasteiger partial charge in [0.1, 0.15) is 0 Å². The Bertz CT molecular complexity index is 710. The molecule has 6 nitrogen and oxygen atoms in total. The summed E-state index contributed by atoms with van der Waals surface area (Å²) in [5, 5.41) is 11.0. The van der Waals surface area contributed by atoms with Crippen LogP contribution in [0.4, 0.5) is 5.69 Å². The second kappa shape index (κ2) is 7.13. The number of nitrogens with zero attached hydrogens (tertiary/aromatic N) is 2. The fourth-order valence-electron chi connectivity index (χ4n) is 2.36. The van der Waals surface area contributed by atoms with E-state index in [9.17, 15) is 10.1 Å². The molecule has 1 aromatic carbocycles. The highest BCUT2D eigenvalue weighted by atomic mass is 16.7. The summed E-state index contributed by atoms with van der Waals surface area (Å²) in [5.41, 5.74) is 2.50. The van der Waals surface area contributed by atoms with Crippen LogP contribution < -0.4 is 0 Å². The maximum Gasteiger partial charge on any atom is 0.270 e. The summed E-state index contributed by atoms with van der Waals surface area (Å²) < 4.78 is 11.2. The van der Waals surface area contributed by atoms with Crippen molar-refractivity contribution in [2.45, 2.75) is 12.7 Å². The molecule has 23 heavy (non-hydrogen) atoms. The average molecular weight is 312 g/mol. The van der Waals surface area contributed by atoms with Gasteiger partial charge < -0.3 is 9.47 Å². The molecule has 2 heterocycles. The van der Waals surface area contributed by atoms with E-state index in [-0.39, 0.29) is 5.69 Å². The highest BCUT2D eigenvalue weighted by Crippen LogP contribution is 2.30. The first kappa shape index (κ1) is 15.3. The SMILES string of the molecule is O=[N+]([O-])c1ccc(C2OCCCO2)c(/C=C/c2ccncc2)c1. The first-order valence-electron chi connectivity index (χ1n) is 7.34. The fourth-order valence-corrected chi connectivity index (χ4v) is 2.36. The van der Waals surface area contributed by atoms with Crippen molar-refractivity contribution in [1.82, 2.24) is 4.98 Å². The third-order valence-corrected chi connectivity index (χ3v) is 3.52. The van der Waals surface area contributed by atoms with E-state index < -0.39 is 11.2 Å². The molecule has 2 aromatic rings. The Morgan fingerprint density at radius 1 is 1.13 bits per heavy atom. The van der Waals surface area contributed by atoms with Crippen LogP contribution in [-0.4, -0.2) is 23.1 Å². The van der Waals surface area contributed by atoms with E-state index in [0.29, 0.717) is 18.8 Å². The van der Waals surface area contributed by atoms with E-state index in [1.165, 1.54) is 12.1 Å². The number of hydrogen-bond acceptors (Lipinski definition) is 5. The number of nitro groups is 1. The summed E-state index contributed by atoms with van der Waals surface area (Å²) >= 11 is 0. The molecule has 0 N–H and O–H groups in total. The van der Waals surface area contributed by atoms with Crippen molar-refractivity contribution in [3.8, 4) is 0 Å². The zero-order chi connectivity index (χ0) is 16.1. The summed E-state index contributed by atoms with van der Waals surface area (Å²) in [5.74, 6) is 0. The van der Waals surface area contributed by atoms with Crippen molar-refractivity contribution in [3.05, 3.63) is 69.5 Å². The minimum atomic E-state index is -0.485. The first-order chi connectivity index (χ1) is 11.2. The van der Waals surface area contributed by atoms with Gasteiger partial charge in [-0.2, -0.15) is 0 Å². The van der Waals surface area contributed by atoms with Gasteiger partial charge in [-0.15, -0.1) is 0 Å². The third-order valence-electron chi connectivity index (χ3n) is 3.52. The van der Waals surface area contributed by atoms with Gasteiger partial charge >= 0.3 is 0 Å². The molecule has 118 valence electrons. The van der Waals surface area contributed by atoms with Crippen molar-refractivity contribution in [3.63, 3.8) is 0 Å². The highest BCUT2D eigenvalue weighted by Gasteiger charge is 2.21. The van der Waals surface area contributed by atoms with E-state index >= 15 is 0 Å². The van der Waals surface area contributed by atoms with Crippen molar-refractivity contribution in [2.75, 3.05) is 13.2 Å². The van der Waals surface area contributed by atoms with Gasteiger partial charge in [-0.05, 0) is 35.7 Å². The molecule has 0 radical (unpaired) electrons. The second-order valence-electron chi connectivity index (χ2n) is 5.11. The van der Waals surface area contributed by atoms with Crippen LogP contribution in [0.3, 0.4) is 0 Å². The van der Waals surface area contributed by atoms with Crippen LogP contribution in [-0.2, 0) is 9.47 Å². The number of benzene rings is 1. The average Bonchev–Trinajstić information content (AvgIpc) is 2.61. The zero-order valence-electron chi connectivity index (χ0n) is 12.4. The molecule has 0 amide bonds. The van der Waals surface area contributed by atoms with E-state index in [0.717, 1.165) is 17.5 Å². The van der Waals surface area contributed by atoms with Gasteiger partial charge in [0.25, 0.3) is 5.69 Å². The molecular weight excluding hydrogens is 296 g/mol. The molecule has 1 aromatic heterocycles. The number of pyridine rings is 1. The maximum absolute atomic E-state index is 11.0. The largest absolute Gasteiger partial charge is 0.348 e. The molecule has 0 spiro atoms. The van der Waals surface area contributed by atoms with Crippen LogP contribution >= 0.6 is 0 Å². The molecule has 0 unspecified atom stereocenters. The van der Waals surface area contributed by atoms with Gasteiger partial charge in [-0.3, -0.25) is 15.1 Å². The molecule has 0 atom stereocenters. The summed E-state index contributed by atoms with van der Waals surface area (Å²) in [4.78, 5) is 14.6. The number of aromatic nitrogens is 1. The summed E-state index contributed by atoms with van der Waals surface area (Å²) in [7, 11) is 0. The van der Waals surface area contributed by atoms with Gasteiger partial charge in [0, 0.05) is 30.1 Å². The number of ether oxygens (including phenoxy) is 2. The number of non-ortho nitro benzene ring substituents is 1. The van der Waals surface area contributed by atoms with Crippen LogP contribution in [0.2, 0.25) is 0 Å². The lowest BCUT2D eigenvalue weighted by atomic mass is 10.0. The van der Waals surface area contributed by atoms with Gasteiger partial charge in [-0.25, -0.2) is 0 Å². The van der Waals surface area contributed by atoms with Crippen molar-refractivity contribution >= 4 is 17.8 Å². The lowest BCUT2D eigenvalue weighted by Gasteiger charge is -2.24. The molecule has 1 aliphatic rings. The molecule has 1 aliphatic heterocycles. The van der Waals surface area contributed by atoms with E-state index in [1.54, 1.807) is 18.5 Å². The Kier molecular flexibility index (Phi) is 4.75. The lowest BCUT2D eigenvalue weighted by Crippen LogP contribution is -2.18. The van der Waals surface area contributed by atoms with E-state index in [2.05, 4.69) is 4.98 Å². The predicted octanol–water partition coefficient (Wildman–Crippen LogP) is 3.60. The van der Waals surface area contributed by atoms with Gasteiger partial charge in [0.2, 0.25) is 0 Å². The van der Waals surface area contributed by atoms with Crippen LogP contribution in [0.25, 0.3) is 12.2 Å². The minimum Gasteiger partial charge on any atom is -0.348 e. The Morgan fingerprint density at radius 2 is 1.87 bits per heavy atom. The minimum absolute atomic E-state index is 0.0407. The Labute approximate surface area is 133 Å². The molecular formula is C17H16N2O4. The van der Waals surface area contributed by atoms with Crippen LogP contribution in [0, 0.1) is 10.1 Å². The van der Waals surface area contributed by atoms with Gasteiger partial charge in [-0.1, -0.05) is 12.2 Å². The monoisotopic (exact) mass is 312 g/mol. The first-order valence-corrected chi connectivity index (χ1v) is 7.34. The standard InChI is InChI=1S/C17H16N2O4/c20-19(21)15-4-5-16(17-22-10-1-11-23-17)14(12-15)3-2-13-6-8-18-9-7-13/h2-9,12,17H,1,10-11H2/b3-2+. The molecule has 0 saturated carbocycles. The molecule has 1 fully saturated rings. The summed E-state index contributed by atoms with van der Waals surface area (Å²) in [6, 6.07) is 8.43. The molecule has 6 heteroatoms. The Hall–Kier alpha value is -2.57. The topological polar surface area (TPSA) is 74.5 Å². The molecule has 0 aliphatic carbocycles. The maximum atomic E-state index is 11.0. The highest BCUT2D eigenvalue weighted by molar-refractivity contribution is 5.72. The number of nitro benzene ring substituents is 1. The Balaban J connectivity index is 1.95. The van der Waals surface area contributed by atoms with Crippen molar-refractivity contribution < 1.29 is 14.4 Å². The van der Waals surface area contributed by atoms with Crippen LogP contribution in [0.1, 0.15) is 29.4 Å². The van der Waals surface area contributed by atoms with E-state index in [1.807, 2.05) is 24.3 Å². The van der Waals surface area contributed by atoms with Gasteiger partial charge in [0.05, 0.1) is 18.1 Å². The summed E-state index contributed by atoms with van der Waals surface area (Å²) in [6.07, 6.45) is 7.47. The quantitative estimate of drug-likeness (QED) is 0.637. The second-order valence-corrected chi connectivity index (χ2v) is 5.11. The fraction of sp³-hybridized carbons (Fsp3) is 0.235. The normalized spacial score (nSPS) is 15.8. The summed E-state index contributed by atoms with van der Waals surface area (Å²) in [6.45, 7) is 1.24. The molecule has 3 rings (SSSR count). The molecule has 0 bridgehead atoms. The predicted molar refractivity (Wildman–Crippen MR) is 85.5 cm³/mol. The number of hydrogen-bond donors (Lipinski definition) is 0. The van der Waals surface area contributed by atoms with Crippen LogP contribution in [0.15, 0.2) is 42.7 Å². The molecule has 1 saturated heterocycles. The number of rotatable bonds is 4. The lowest BCUT2D eigenvalue weighted by molar-refractivity contribution is -0.384. The smallest absolute Gasteiger partial charge is 0.270 e. The van der Waals surface area contributed by atoms with E-state index in [4.69, 9.17) is 9.47 Å². The third kappa shape index (κ3) is 3.80. The van der Waals surface area contributed by atoms with Gasteiger partial charge in [0.15, 0.2) is 6.29 Å². The van der Waals surface area contributed by atoms with Crippen LogP contribution in [0.5, 0.6) is 0 Å². The zero-order valence-corrected chi connectivity index (χ0v) is 12.4. The van der Waals surface area contributed by atoms with Crippen molar-refractivity contribution in [2.24, 2.45) is 0 Å². The van der Waals surface area contributed by atoms with Crippen molar-refractivity contribution in [1.29, 1.82) is 0 Å². The Morgan fingerprint density at radius 3 is 2.57 bits per heavy atom.